The predicted molar refractivity (Wildman–Crippen MR) is 102 cm³/mol. The van der Waals surface area contributed by atoms with Crippen LogP contribution in [0.15, 0.2) is 48.8 Å². The molecule has 2 heterocycles. The molecule has 0 spiro atoms. The van der Waals surface area contributed by atoms with Crippen LogP contribution in [0.1, 0.15) is 44.4 Å². The summed E-state index contributed by atoms with van der Waals surface area (Å²) in [5.41, 5.74) is 4.38. The van der Waals surface area contributed by atoms with E-state index in [1.807, 2.05) is 37.3 Å². The van der Waals surface area contributed by atoms with Crippen molar-refractivity contribution in [1.82, 2.24) is 15.0 Å². The van der Waals surface area contributed by atoms with Gasteiger partial charge in [-0.05, 0) is 31.2 Å². The van der Waals surface area contributed by atoms with Crippen LogP contribution in [-0.4, -0.2) is 15.0 Å². The number of nitriles is 1. The number of pyridine rings is 1. The Morgan fingerprint density at radius 3 is 2.52 bits per heavy atom. The third-order valence-electron chi connectivity index (χ3n) is 3.85. The second-order valence-corrected chi connectivity index (χ2v) is 5.83. The van der Waals surface area contributed by atoms with E-state index in [1.165, 1.54) is 19.3 Å². The highest BCUT2D eigenvalue weighted by Crippen LogP contribution is 2.23. The first-order valence-corrected chi connectivity index (χ1v) is 8.67. The van der Waals surface area contributed by atoms with E-state index < -0.39 is 0 Å². The molecule has 0 saturated carbocycles. The number of rotatable bonds is 4. The van der Waals surface area contributed by atoms with Crippen LogP contribution in [-0.2, 0) is 0 Å². The summed E-state index contributed by atoms with van der Waals surface area (Å²) in [6.45, 7) is 6.38. The highest BCUT2D eigenvalue weighted by molar-refractivity contribution is 5.66. The van der Waals surface area contributed by atoms with Gasteiger partial charge in [0.25, 0.3) is 0 Å². The topological polar surface area (TPSA) is 65.4 Å². The number of imidazole rings is 1. The van der Waals surface area contributed by atoms with E-state index in [0.29, 0.717) is 5.56 Å². The summed E-state index contributed by atoms with van der Waals surface area (Å²) < 4.78 is 0. The fourth-order valence-electron chi connectivity index (χ4n) is 2.45. The standard InChI is InChI=1S/C16H12N4.C5H12/c1-11-14(6-3-7-18-11)16-19-10-15(20-16)13-5-2-4-12(8-13)9-17;1-3-5-4-2/h2-8,10H,1H3,(H,19,20);3-5H2,1-2H3. The number of nitrogens with zero attached hydrogens (tertiary/aromatic N) is 3. The van der Waals surface area contributed by atoms with Crippen LogP contribution in [0.4, 0.5) is 0 Å². The van der Waals surface area contributed by atoms with Crippen molar-refractivity contribution in [3.63, 3.8) is 0 Å². The molecule has 0 atom stereocenters. The van der Waals surface area contributed by atoms with Gasteiger partial charge in [-0.2, -0.15) is 5.26 Å². The Labute approximate surface area is 149 Å². The summed E-state index contributed by atoms with van der Waals surface area (Å²) >= 11 is 0. The molecule has 0 saturated heterocycles. The molecule has 0 fully saturated rings. The Balaban J connectivity index is 0.000000399. The van der Waals surface area contributed by atoms with Gasteiger partial charge in [0.05, 0.1) is 23.5 Å². The molecule has 4 nitrogen and oxygen atoms in total. The third-order valence-corrected chi connectivity index (χ3v) is 3.85. The van der Waals surface area contributed by atoms with Crippen LogP contribution in [0.5, 0.6) is 0 Å². The van der Waals surface area contributed by atoms with Crippen LogP contribution in [0.2, 0.25) is 0 Å². The van der Waals surface area contributed by atoms with E-state index in [1.54, 1.807) is 18.5 Å². The molecule has 128 valence electrons. The lowest BCUT2D eigenvalue weighted by Gasteiger charge is -2.01. The zero-order chi connectivity index (χ0) is 18.1. The number of nitrogens with one attached hydrogen (secondary N) is 1. The first kappa shape index (κ1) is 18.4. The molecule has 4 heteroatoms. The molecule has 0 unspecified atom stereocenters. The van der Waals surface area contributed by atoms with Crippen molar-refractivity contribution in [2.75, 3.05) is 0 Å². The van der Waals surface area contributed by atoms with Crippen LogP contribution in [0.25, 0.3) is 22.6 Å². The molecule has 2 aromatic heterocycles. The largest absolute Gasteiger partial charge is 0.338 e. The minimum Gasteiger partial charge on any atom is -0.338 e. The van der Waals surface area contributed by atoms with Crippen molar-refractivity contribution >= 4 is 0 Å². The molecule has 0 radical (unpaired) electrons. The minimum atomic E-state index is 0.635. The van der Waals surface area contributed by atoms with Gasteiger partial charge in [-0.3, -0.25) is 4.98 Å². The summed E-state index contributed by atoms with van der Waals surface area (Å²) in [7, 11) is 0. The van der Waals surface area contributed by atoms with Crippen LogP contribution in [0.3, 0.4) is 0 Å². The molecule has 1 N–H and O–H groups in total. The summed E-state index contributed by atoms with van der Waals surface area (Å²) in [4.78, 5) is 11.9. The lowest BCUT2D eigenvalue weighted by atomic mass is 10.1. The van der Waals surface area contributed by atoms with E-state index >= 15 is 0 Å². The number of aryl methyl sites for hydroxylation is 1. The summed E-state index contributed by atoms with van der Waals surface area (Å²) in [5.74, 6) is 0.785. The summed E-state index contributed by atoms with van der Waals surface area (Å²) in [6.07, 6.45) is 7.62. The van der Waals surface area contributed by atoms with Gasteiger partial charge < -0.3 is 4.98 Å². The Kier molecular flexibility index (Phi) is 6.91. The Morgan fingerprint density at radius 2 is 1.88 bits per heavy atom. The lowest BCUT2D eigenvalue weighted by molar-refractivity contribution is 0.772. The maximum atomic E-state index is 8.94. The molecule has 3 rings (SSSR count). The number of aromatic amines is 1. The molecule has 0 aliphatic carbocycles. The molecule has 0 aliphatic rings. The first-order valence-electron chi connectivity index (χ1n) is 8.67. The van der Waals surface area contributed by atoms with Crippen LogP contribution >= 0.6 is 0 Å². The number of H-pyrrole nitrogens is 1. The Bertz CT molecular complexity index is 841. The fraction of sp³-hybridized carbons (Fsp3) is 0.286. The average Bonchev–Trinajstić information content (AvgIpc) is 3.13. The average molecular weight is 332 g/mol. The van der Waals surface area contributed by atoms with Crippen LogP contribution < -0.4 is 0 Å². The van der Waals surface area contributed by atoms with Gasteiger partial charge in [-0.1, -0.05) is 45.2 Å². The molecule has 25 heavy (non-hydrogen) atoms. The number of unbranched alkanes of at least 4 members (excludes halogenated alkanes) is 2. The molecular weight excluding hydrogens is 308 g/mol. The molecular formula is C21H24N4. The molecule has 0 amide bonds. The fourth-order valence-corrected chi connectivity index (χ4v) is 2.45. The Morgan fingerprint density at radius 1 is 1.08 bits per heavy atom. The second kappa shape index (κ2) is 9.39. The van der Waals surface area contributed by atoms with E-state index in [-0.39, 0.29) is 0 Å². The van der Waals surface area contributed by atoms with Gasteiger partial charge in [0, 0.05) is 23.0 Å². The molecule has 1 aromatic carbocycles. The van der Waals surface area contributed by atoms with Gasteiger partial charge in [0.1, 0.15) is 5.82 Å². The highest BCUT2D eigenvalue weighted by Gasteiger charge is 2.08. The zero-order valence-corrected chi connectivity index (χ0v) is 15.1. The van der Waals surface area contributed by atoms with Gasteiger partial charge in [-0.15, -0.1) is 0 Å². The first-order chi connectivity index (χ1) is 12.2. The van der Waals surface area contributed by atoms with E-state index in [9.17, 15) is 0 Å². The van der Waals surface area contributed by atoms with E-state index in [4.69, 9.17) is 5.26 Å². The number of aromatic nitrogens is 3. The normalized spacial score (nSPS) is 9.84. The van der Waals surface area contributed by atoms with Crippen molar-refractivity contribution in [2.24, 2.45) is 0 Å². The molecule has 0 aliphatic heterocycles. The van der Waals surface area contributed by atoms with Crippen molar-refractivity contribution in [3.8, 4) is 28.7 Å². The maximum absolute atomic E-state index is 8.94. The van der Waals surface area contributed by atoms with Gasteiger partial charge >= 0.3 is 0 Å². The number of hydrogen-bond donors (Lipinski definition) is 1. The maximum Gasteiger partial charge on any atom is 0.139 e. The number of benzene rings is 1. The van der Waals surface area contributed by atoms with Crippen LogP contribution in [0, 0.1) is 18.3 Å². The van der Waals surface area contributed by atoms with Crippen molar-refractivity contribution in [1.29, 1.82) is 5.26 Å². The molecule has 0 bridgehead atoms. The summed E-state index contributed by atoms with van der Waals surface area (Å²) in [5, 5.41) is 8.94. The quantitative estimate of drug-likeness (QED) is 0.684. The van der Waals surface area contributed by atoms with Gasteiger partial charge in [-0.25, -0.2) is 4.98 Å². The summed E-state index contributed by atoms with van der Waals surface area (Å²) in [6, 6.07) is 13.5. The van der Waals surface area contributed by atoms with Crippen molar-refractivity contribution < 1.29 is 0 Å². The third kappa shape index (κ3) is 5.02. The Hall–Kier alpha value is -2.93. The van der Waals surface area contributed by atoms with E-state index in [0.717, 1.165) is 28.3 Å². The van der Waals surface area contributed by atoms with Crippen molar-refractivity contribution in [2.45, 2.75) is 40.0 Å². The predicted octanol–water partition coefficient (Wildman–Crippen LogP) is 5.52. The van der Waals surface area contributed by atoms with Gasteiger partial charge in [0.15, 0.2) is 0 Å². The zero-order valence-electron chi connectivity index (χ0n) is 15.1. The van der Waals surface area contributed by atoms with Crippen molar-refractivity contribution in [3.05, 3.63) is 60.0 Å². The monoisotopic (exact) mass is 332 g/mol. The molecule has 3 aromatic rings. The van der Waals surface area contributed by atoms with Gasteiger partial charge in [0.2, 0.25) is 0 Å². The van der Waals surface area contributed by atoms with E-state index in [2.05, 4.69) is 34.9 Å². The second-order valence-electron chi connectivity index (χ2n) is 5.83. The minimum absolute atomic E-state index is 0.635. The number of hydrogen-bond acceptors (Lipinski definition) is 3. The lowest BCUT2D eigenvalue weighted by Crippen LogP contribution is -1.88. The smallest absolute Gasteiger partial charge is 0.139 e. The highest BCUT2D eigenvalue weighted by atomic mass is 14.9. The SMILES string of the molecule is CCCCC.Cc1ncccc1-c1ncc(-c2cccc(C#N)c2)[nH]1.